The highest BCUT2D eigenvalue weighted by molar-refractivity contribution is 7.89. The summed E-state index contributed by atoms with van der Waals surface area (Å²) in [5.41, 5.74) is 3.03. The molecule has 1 heterocycles. The molecule has 3 aromatic carbocycles. The smallest absolute Gasteiger partial charge is 0.329 e. The number of ether oxygens (including phenoxy) is 1. The second-order valence-electron chi connectivity index (χ2n) is 8.63. The molecule has 0 aliphatic rings. The van der Waals surface area contributed by atoms with Crippen molar-refractivity contribution in [1.82, 2.24) is 9.73 Å². The first-order valence-corrected chi connectivity index (χ1v) is 14.7. The molecule has 0 atom stereocenters. The number of rotatable bonds is 10. The summed E-state index contributed by atoms with van der Waals surface area (Å²) in [6.45, 7) is -0.184. The van der Waals surface area contributed by atoms with Crippen LogP contribution in [0.15, 0.2) is 93.3 Å². The minimum atomic E-state index is -4.00. The highest BCUT2D eigenvalue weighted by atomic mass is 35.5. The number of hydrogen-bond donors (Lipinski definition) is 2. The summed E-state index contributed by atoms with van der Waals surface area (Å²) < 4.78 is 39.2. The molecular weight excluding hydrogens is 627 g/mol. The Kier molecular flexibility index (Phi) is 10.3. The average Bonchev–Trinajstić information content (AvgIpc) is 3.42. The van der Waals surface area contributed by atoms with Crippen molar-refractivity contribution in [3.8, 4) is 5.75 Å². The average molecular weight is 650 g/mol. The number of anilines is 1. The first-order chi connectivity index (χ1) is 20.1. The van der Waals surface area contributed by atoms with Crippen LogP contribution in [0.4, 0.5) is 5.69 Å². The molecule has 42 heavy (non-hydrogen) atoms. The predicted molar refractivity (Wildman–Crippen MR) is 160 cm³/mol. The van der Waals surface area contributed by atoms with Crippen LogP contribution < -0.4 is 15.5 Å². The number of sulfonamides is 1. The fourth-order valence-electron chi connectivity index (χ4n) is 3.68. The summed E-state index contributed by atoms with van der Waals surface area (Å²) in [5, 5.41) is 7.20. The summed E-state index contributed by atoms with van der Waals surface area (Å²) in [4.78, 5) is 24.4. The number of amides is 2. The number of benzene rings is 3. The van der Waals surface area contributed by atoms with Crippen molar-refractivity contribution in [3.63, 3.8) is 0 Å². The largest absolute Gasteiger partial charge is 0.495 e. The van der Waals surface area contributed by atoms with Crippen LogP contribution in [0.2, 0.25) is 15.1 Å². The van der Waals surface area contributed by atoms with Gasteiger partial charge in [-0.1, -0.05) is 53.0 Å². The Hall–Kier alpha value is -3.87. The lowest BCUT2D eigenvalue weighted by Gasteiger charge is -2.22. The first-order valence-electron chi connectivity index (χ1n) is 12.1. The van der Waals surface area contributed by atoms with Crippen molar-refractivity contribution in [3.05, 3.63) is 111 Å². The highest BCUT2D eigenvalue weighted by Crippen LogP contribution is 2.27. The zero-order valence-corrected chi connectivity index (χ0v) is 25.0. The SMILES string of the molecule is COc1ccccc1NC(=O)C(=O)N/N=C/c1ccc(CN(Cc2ccc(Cl)c(Cl)c2)S(=O)(=O)c2ccc(Cl)cc2)o1. The van der Waals surface area contributed by atoms with Crippen LogP contribution >= 0.6 is 34.8 Å². The number of hydrogen-bond acceptors (Lipinski definition) is 7. The molecular formula is C28H23Cl3N4O6S. The number of para-hydroxylation sites is 2. The molecule has 0 saturated heterocycles. The van der Waals surface area contributed by atoms with E-state index in [2.05, 4.69) is 15.8 Å². The molecule has 0 aliphatic heterocycles. The Labute approximate surface area is 256 Å². The molecule has 0 spiro atoms. The molecule has 0 fully saturated rings. The lowest BCUT2D eigenvalue weighted by atomic mass is 10.2. The van der Waals surface area contributed by atoms with Gasteiger partial charge in [0.05, 0.1) is 40.5 Å². The second kappa shape index (κ2) is 13.9. The van der Waals surface area contributed by atoms with Gasteiger partial charge in [0.1, 0.15) is 17.3 Å². The van der Waals surface area contributed by atoms with Gasteiger partial charge in [-0.25, -0.2) is 13.8 Å². The Balaban J connectivity index is 1.46. The van der Waals surface area contributed by atoms with Crippen molar-refractivity contribution in [1.29, 1.82) is 0 Å². The molecule has 0 aliphatic carbocycles. The summed E-state index contributed by atoms with van der Waals surface area (Å²) in [6, 6.07) is 20.3. The molecule has 10 nitrogen and oxygen atoms in total. The minimum Gasteiger partial charge on any atom is -0.495 e. The lowest BCUT2D eigenvalue weighted by Crippen LogP contribution is -2.32. The fraction of sp³-hybridized carbons (Fsp3) is 0.107. The third kappa shape index (κ3) is 7.90. The van der Waals surface area contributed by atoms with E-state index in [1.54, 1.807) is 48.5 Å². The van der Waals surface area contributed by atoms with Gasteiger partial charge in [-0.15, -0.1) is 0 Å². The minimum absolute atomic E-state index is 0.0365. The first kappa shape index (κ1) is 31.1. The van der Waals surface area contributed by atoms with E-state index in [4.69, 9.17) is 44.0 Å². The number of nitrogens with zero attached hydrogens (tertiary/aromatic N) is 2. The normalized spacial score (nSPS) is 11.5. The van der Waals surface area contributed by atoms with Crippen LogP contribution in [-0.2, 0) is 32.7 Å². The van der Waals surface area contributed by atoms with Crippen molar-refractivity contribution in [2.75, 3.05) is 12.4 Å². The van der Waals surface area contributed by atoms with E-state index in [0.717, 1.165) is 0 Å². The van der Waals surface area contributed by atoms with Crippen LogP contribution in [-0.4, -0.2) is 37.9 Å². The van der Waals surface area contributed by atoms with E-state index >= 15 is 0 Å². The van der Waals surface area contributed by atoms with E-state index < -0.39 is 21.8 Å². The van der Waals surface area contributed by atoms with Crippen molar-refractivity contribution in [2.45, 2.75) is 18.0 Å². The number of nitrogens with one attached hydrogen (secondary N) is 2. The Morgan fingerprint density at radius 1 is 0.929 bits per heavy atom. The number of methoxy groups -OCH3 is 1. The summed E-state index contributed by atoms with van der Waals surface area (Å²) in [5.74, 6) is -1.10. The molecule has 2 amide bonds. The van der Waals surface area contributed by atoms with Crippen LogP contribution in [0.5, 0.6) is 5.75 Å². The number of halogens is 3. The quantitative estimate of drug-likeness (QED) is 0.128. The van der Waals surface area contributed by atoms with Gasteiger partial charge >= 0.3 is 11.8 Å². The third-order valence-corrected chi connectivity index (χ3v) is 8.53. The predicted octanol–water partition coefficient (Wildman–Crippen LogP) is 5.73. The van der Waals surface area contributed by atoms with E-state index in [9.17, 15) is 18.0 Å². The molecule has 1 aromatic heterocycles. The zero-order valence-electron chi connectivity index (χ0n) is 21.9. The van der Waals surface area contributed by atoms with E-state index in [1.807, 2.05) is 0 Å². The zero-order chi connectivity index (χ0) is 30.3. The molecule has 0 saturated carbocycles. The summed E-state index contributed by atoms with van der Waals surface area (Å²) >= 11 is 18.1. The molecule has 0 unspecified atom stereocenters. The summed E-state index contributed by atoms with van der Waals surface area (Å²) in [6.07, 6.45) is 1.18. The number of carbonyl (C=O) groups excluding carboxylic acids is 2. The number of carbonyl (C=O) groups is 2. The second-order valence-corrected chi connectivity index (χ2v) is 11.8. The van der Waals surface area contributed by atoms with Gasteiger partial charge in [-0.2, -0.15) is 9.41 Å². The van der Waals surface area contributed by atoms with Crippen molar-refractivity contribution < 1.29 is 27.2 Å². The highest BCUT2D eigenvalue weighted by Gasteiger charge is 2.26. The van der Waals surface area contributed by atoms with E-state index in [-0.39, 0.29) is 34.5 Å². The number of furan rings is 1. The number of hydrazone groups is 1. The van der Waals surface area contributed by atoms with Gasteiger partial charge in [0.25, 0.3) is 0 Å². The molecule has 218 valence electrons. The monoisotopic (exact) mass is 648 g/mol. The maximum atomic E-state index is 13.6. The van der Waals surface area contributed by atoms with Gasteiger partial charge in [0, 0.05) is 11.6 Å². The molecule has 4 aromatic rings. The third-order valence-electron chi connectivity index (χ3n) is 5.73. The summed E-state index contributed by atoms with van der Waals surface area (Å²) in [7, 11) is -2.56. The van der Waals surface area contributed by atoms with Crippen LogP contribution in [0, 0.1) is 0 Å². The maximum absolute atomic E-state index is 13.6. The van der Waals surface area contributed by atoms with Gasteiger partial charge in [-0.05, 0) is 66.2 Å². The van der Waals surface area contributed by atoms with Crippen LogP contribution in [0.1, 0.15) is 17.1 Å². The molecule has 4 rings (SSSR count). The van der Waals surface area contributed by atoms with Crippen LogP contribution in [0.3, 0.4) is 0 Å². The molecule has 2 N–H and O–H groups in total. The lowest BCUT2D eigenvalue weighted by molar-refractivity contribution is -0.136. The molecule has 0 radical (unpaired) electrons. The van der Waals surface area contributed by atoms with Crippen molar-refractivity contribution >= 4 is 68.5 Å². The molecule has 0 bridgehead atoms. The maximum Gasteiger partial charge on any atom is 0.329 e. The topological polar surface area (TPSA) is 130 Å². The van der Waals surface area contributed by atoms with Gasteiger partial charge in [0.15, 0.2) is 0 Å². The Morgan fingerprint density at radius 3 is 2.38 bits per heavy atom. The van der Waals surface area contributed by atoms with Crippen LogP contribution in [0.25, 0.3) is 0 Å². The Bertz CT molecular complexity index is 1730. The van der Waals surface area contributed by atoms with E-state index in [0.29, 0.717) is 27.0 Å². The standard InChI is InChI=1S/C28H23Cl3N4O6S/c1-40-26-5-3-2-4-25(26)33-27(36)28(37)34-32-15-20-9-10-21(41-20)17-35(16-18-6-13-23(30)24(31)14-18)42(38,39)22-11-7-19(29)8-12-22/h2-15H,16-17H2,1H3,(H,33,36)(H,34,37)/b32-15+. The van der Waals surface area contributed by atoms with Gasteiger partial charge in [-0.3, -0.25) is 9.59 Å². The van der Waals surface area contributed by atoms with Crippen molar-refractivity contribution in [2.24, 2.45) is 5.10 Å². The van der Waals surface area contributed by atoms with Gasteiger partial charge < -0.3 is 14.5 Å². The van der Waals surface area contributed by atoms with E-state index in [1.165, 1.54) is 48.0 Å². The fourth-order valence-corrected chi connectivity index (χ4v) is 5.52. The van der Waals surface area contributed by atoms with Gasteiger partial charge in [0.2, 0.25) is 10.0 Å². The molecule has 14 heteroatoms. The Morgan fingerprint density at radius 2 is 1.67 bits per heavy atom.